The second-order valence-corrected chi connectivity index (χ2v) is 8.67. The molecule has 0 amide bonds. The molecule has 28 heavy (non-hydrogen) atoms. The van der Waals surface area contributed by atoms with Gasteiger partial charge in [0.25, 0.3) is 10.0 Å². The SMILES string of the molecule is Cc1ccc(S(=O)(=O)N2C=CC(c3ccccc3)C(c3ccccc3)=C2)cc1. The topological polar surface area (TPSA) is 37.4 Å². The summed E-state index contributed by atoms with van der Waals surface area (Å²) < 4.78 is 27.6. The molecule has 0 N–H and O–H groups in total. The molecule has 0 bridgehead atoms. The molecule has 3 nitrogen and oxygen atoms in total. The molecule has 0 fully saturated rings. The van der Waals surface area contributed by atoms with Gasteiger partial charge >= 0.3 is 0 Å². The van der Waals surface area contributed by atoms with E-state index < -0.39 is 10.0 Å². The number of hydrogen-bond donors (Lipinski definition) is 0. The minimum Gasteiger partial charge on any atom is -0.249 e. The molecular weight excluding hydrogens is 366 g/mol. The first-order valence-corrected chi connectivity index (χ1v) is 10.6. The average molecular weight is 388 g/mol. The second kappa shape index (κ2) is 7.49. The molecule has 0 spiro atoms. The molecule has 4 heteroatoms. The maximum atomic E-state index is 13.1. The number of benzene rings is 3. The van der Waals surface area contributed by atoms with Crippen molar-refractivity contribution in [3.63, 3.8) is 0 Å². The fourth-order valence-electron chi connectivity index (χ4n) is 3.35. The maximum absolute atomic E-state index is 13.1. The van der Waals surface area contributed by atoms with Crippen molar-refractivity contribution in [3.8, 4) is 0 Å². The molecule has 4 rings (SSSR count). The van der Waals surface area contributed by atoms with Gasteiger partial charge in [0.1, 0.15) is 0 Å². The Morgan fingerprint density at radius 2 is 1.39 bits per heavy atom. The molecule has 1 aliphatic heterocycles. The highest BCUT2D eigenvalue weighted by atomic mass is 32.2. The zero-order chi connectivity index (χ0) is 19.6. The van der Waals surface area contributed by atoms with E-state index >= 15 is 0 Å². The Hall–Kier alpha value is -3.11. The van der Waals surface area contributed by atoms with Crippen LogP contribution in [-0.4, -0.2) is 12.7 Å². The monoisotopic (exact) mass is 387 g/mol. The summed E-state index contributed by atoms with van der Waals surface area (Å²) in [6, 6.07) is 27.0. The van der Waals surface area contributed by atoms with E-state index in [0.717, 1.165) is 22.3 Å². The van der Waals surface area contributed by atoms with Crippen molar-refractivity contribution in [2.75, 3.05) is 0 Å². The van der Waals surface area contributed by atoms with Crippen molar-refractivity contribution in [3.05, 3.63) is 120 Å². The summed E-state index contributed by atoms with van der Waals surface area (Å²) in [5.74, 6) is -0.00642. The third-order valence-electron chi connectivity index (χ3n) is 4.89. The predicted octanol–water partition coefficient (Wildman–Crippen LogP) is 5.34. The summed E-state index contributed by atoms with van der Waals surface area (Å²) in [5, 5.41) is 0. The lowest BCUT2D eigenvalue weighted by molar-refractivity contribution is 0.550. The summed E-state index contributed by atoms with van der Waals surface area (Å²) in [6.07, 6.45) is 5.34. The van der Waals surface area contributed by atoms with Gasteiger partial charge in [-0.25, -0.2) is 12.7 Å². The average Bonchev–Trinajstić information content (AvgIpc) is 2.75. The van der Waals surface area contributed by atoms with Gasteiger partial charge in [0.15, 0.2) is 0 Å². The Balaban J connectivity index is 1.79. The van der Waals surface area contributed by atoms with Gasteiger partial charge in [0, 0.05) is 18.3 Å². The Morgan fingerprint density at radius 1 is 0.786 bits per heavy atom. The first kappa shape index (κ1) is 18.3. The van der Waals surface area contributed by atoms with Crippen LogP contribution in [0.25, 0.3) is 5.57 Å². The van der Waals surface area contributed by atoms with E-state index in [1.165, 1.54) is 4.31 Å². The van der Waals surface area contributed by atoms with E-state index in [2.05, 4.69) is 12.1 Å². The van der Waals surface area contributed by atoms with Crippen LogP contribution in [-0.2, 0) is 10.0 Å². The lowest BCUT2D eigenvalue weighted by atomic mass is 9.86. The zero-order valence-electron chi connectivity index (χ0n) is 15.6. The molecule has 0 aliphatic carbocycles. The molecule has 3 aromatic carbocycles. The van der Waals surface area contributed by atoms with E-state index in [1.807, 2.05) is 73.7 Å². The van der Waals surface area contributed by atoms with Crippen LogP contribution in [0.3, 0.4) is 0 Å². The van der Waals surface area contributed by atoms with Gasteiger partial charge in [-0.2, -0.15) is 0 Å². The van der Waals surface area contributed by atoms with E-state index in [-0.39, 0.29) is 10.8 Å². The molecule has 3 aromatic rings. The van der Waals surface area contributed by atoms with E-state index in [0.29, 0.717) is 0 Å². The number of nitrogens with zero attached hydrogens (tertiary/aromatic N) is 1. The zero-order valence-corrected chi connectivity index (χ0v) is 16.4. The quantitative estimate of drug-likeness (QED) is 0.606. The highest BCUT2D eigenvalue weighted by Crippen LogP contribution is 2.37. The fourth-order valence-corrected chi connectivity index (χ4v) is 4.56. The van der Waals surface area contributed by atoms with Gasteiger partial charge < -0.3 is 0 Å². The Bertz CT molecular complexity index is 1120. The number of sulfonamides is 1. The van der Waals surface area contributed by atoms with Crippen molar-refractivity contribution in [2.45, 2.75) is 17.7 Å². The van der Waals surface area contributed by atoms with Crippen LogP contribution >= 0.6 is 0 Å². The number of rotatable bonds is 4. The maximum Gasteiger partial charge on any atom is 0.267 e. The molecule has 1 atom stereocenters. The molecule has 140 valence electrons. The third-order valence-corrected chi connectivity index (χ3v) is 6.54. The third kappa shape index (κ3) is 3.51. The van der Waals surface area contributed by atoms with Crippen molar-refractivity contribution in [1.82, 2.24) is 4.31 Å². The van der Waals surface area contributed by atoms with Gasteiger partial charge in [0.05, 0.1) is 4.90 Å². The first-order chi connectivity index (χ1) is 13.6. The van der Waals surface area contributed by atoms with Crippen molar-refractivity contribution in [2.24, 2.45) is 0 Å². The molecule has 1 unspecified atom stereocenters. The Labute approximate surface area is 166 Å². The molecule has 0 radical (unpaired) electrons. The van der Waals surface area contributed by atoms with Gasteiger partial charge in [-0.15, -0.1) is 0 Å². The van der Waals surface area contributed by atoms with Gasteiger partial charge in [0.2, 0.25) is 0 Å². The molecule has 0 saturated heterocycles. The molecular formula is C24H21NO2S. The summed E-state index contributed by atoms with van der Waals surface area (Å²) in [4.78, 5) is 0.282. The Morgan fingerprint density at radius 3 is 2.04 bits per heavy atom. The van der Waals surface area contributed by atoms with Crippen LogP contribution < -0.4 is 0 Å². The summed E-state index contributed by atoms with van der Waals surface area (Å²) >= 11 is 0. The van der Waals surface area contributed by atoms with E-state index in [9.17, 15) is 8.42 Å². The number of aryl methyl sites for hydroxylation is 1. The van der Waals surface area contributed by atoms with Gasteiger partial charge in [-0.3, -0.25) is 0 Å². The normalized spacial score (nSPS) is 16.7. The highest BCUT2D eigenvalue weighted by Gasteiger charge is 2.27. The van der Waals surface area contributed by atoms with Gasteiger partial charge in [-0.1, -0.05) is 84.4 Å². The first-order valence-electron chi connectivity index (χ1n) is 9.16. The van der Waals surface area contributed by atoms with Gasteiger partial charge in [-0.05, 0) is 35.8 Å². The predicted molar refractivity (Wildman–Crippen MR) is 113 cm³/mol. The van der Waals surface area contributed by atoms with Crippen molar-refractivity contribution < 1.29 is 8.42 Å². The van der Waals surface area contributed by atoms with Crippen LogP contribution in [0.5, 0.6) is 0 Å². The fraction of sp³-hybridized carbons (Fsp3) is 0.0833. The summed E-state index contributed by atoms with van der Waals surface area (Å²) in [7, 11) is -3.66. The standard InChI is InChI=1S/C24H21NO2S/c1-19-12-14-22(15-13-19)28(26,27)25-17-16-23(20-8-4-2-5-9-20)24(18-25)21-10-6-3-7-11-21/h2-18,23H,1H3. The molecule has 0 aromatic heterocycles. The van der Waals surface area contributed by atoms with Crippen LogP contribution in [0, 0.1) is 6.92 Å². The second-order valence-electron chi connectivity index (χ2n) is 6.83. The van der Waals surface area contributed by atoms with Crippen molar-refractivity contribution >= 4 is 15.6 Å². The lowest BCUT2D eigenvalue weighted by Gasteiger charge is -2.27. The van der Waals surface area contributed by atoms with Crippen LogP contribution in [0.15, 0.2) is 108 Å². The van der Waals surface area contributed by atoms with E-state index in [1.54, 1.807) is 24.5 Å². The Kier molecular flexibility index (Phi) is 4.88. The smallest absolute Gasteiger partial charge is 0.249 e. The highest BCUT2D eigenvalue weighted by molar-refractivity contribution is 7.89. The van der Waals surface area contributed by atoms with Crippen molar-refractivity contribution in [1.29, 1.82) is 0 Å². The van der Waals surface area contributed by atoms with E-state index in [4.69, 9.17) is 0 Å². The number of allylic oxidation sites excluding steroid dienone is 2. The minimum atomic E-state index is -3.66. The van der Waals surface area contributed by atoms with Crippen LogP contribution in [0.4, 0.5) is 0 Å². The molecule has 1 aliphatic rings. The molecule has 1 heterocycles. The van der Waals surface area contributed by atoms with Crippen LogP contribution in [0.2, 0.25) is 0 Å². The minimum absolute atomic E-state index is 0.00642. The molecule has 0 saturated carbocycles. The number of hydrogen-bond acceptors (Lipinski definition) is 2. The van der Waals surface area contributed by atoms with Crippen LogP contribution in [0.1, 0.15) is 22.6 Å². The summed E-state index contributed by atoms with van der Waals surface area (Å²) in [6.45, 7) is 1.94. The lowest BCUT2D eigenvalue weighted by Crippen LogP contribution is -2.24. The summed E-state index contributed by atoms with van der Waals surface area (Å²) in [5.41, 5.74) is 4.11. The largest absolute Gasteiger partial charge is 0.267 e.